The monoisotopic (exact) mass is 316 g/mol. The van der Waals surface area contributed by atoms with Crippen LogP contribution >= 0.6 is 0 Å². The zero-order valence-corrected chi connectivity index (χ0v) is 12.7. The number of hydrogen-bond acceptors (Lipinski definition) is 3. The fourth-order valence-corrected chi connectivity index (χ4v) is 2.33. The van der Waals surface area contributed by atoms with Crippen molar-refractivity contribution >= 4 is 11.0 Å². The van der Waals surface area contributed by atoms with Crippen LogP contribution in [0.1, 0.15) is 16.7 Å². The molecule has 0 unspecified atom stereocenters. The maximum atomic E-state index is 13.2. The lowest BCUT2D eigenvalue weighted by Gasteiger charge is -2.10. The fourth-order valence-electron chi connectivity index (χ4n) is 2.33. The Bertz CT molecular complexity index is 945. The van der Waals surface area contributed by atoms with Gasteiger partial charge in [-0.2, -0.15) is 0 Å². The number of ether oxygens (including phenoxy) is 1. The lowest BCUT2D eigenvalue weighted by molar-refractivity contribution is 0.303. The lowest BCUT2D eigenvalue weighted by atomic mass is 10.0. The molecule has 23 heavy (non-hydrogen) atoms. The van der Waals surface area contributed by atoms with Crippen LogP contribution in [0.2, 0.25) is 0 Å². The van der Waals surface area contributed by atoms with Gasteiger partial charge in [0.2, 0.25) is 0 Å². The Morgan fingerprint density at radius 3 is 2.48 bits per heavy atom. The maximum Gasteiger partial charge on any atom is 0.336 e. The van der Waals surface area contributed by atoms with Crippen molar-refractivity contribution in [3.05, 3.63) is 75.1 Å². The van der Waals surface area contributed by atoms with Gasteiger partial charge in [0.25, 0.3) is 0 Å². The van der Waals surface area contributed by atoms with Crippen molar-refractivity contribution in [2.45, 2.75) is 20.5 Å². The van der Waals surface area contributed by atoms with Crippen LogP contribution < -0.4 is 10.4 Å². The molecule has 0 bridgehead atoms. The minimum absolute atomic E-state index is 0.0513. The molecule has 0 amide bonds. The third kappa shape index (κ3) is 3.08. The van der Waals surface area contributed by atoms with Gasteiger partial charge in [-0.15, -0.1) is 0 Å². The van der Waals surface area contributed by atoms with Gasteiger partial charge in [-0.3, -0.25) is 0 Å². The zero-order chi connectivity index (χ0) is 16.6. The van der Waals surface area contributed by atoms with Crippen molar-refractivity contribution in [1.82, 2.24) is 0 Å². The standard InChI is InChI=1S/C18H14F2O3/c1-10-5-14-12(7-18(21)23-17(14)6-11(10)2)9-22-13-3-4-15(19)16(20)8-13/h3-8H,9H2,1-2H3. The van der Waals surface area contributed by atoms with Gasteiger partial charge in [0.05, 0.1) is 0 Å². The largest absolute Gasteiger partial charge is 0.489 e. The van der Waals surface area contributed by atoms with Gasteiger partial charge in [0, 0.05) is 23.1 Å². The average molecular weight is 316 g/mol. The van der Waals surface area contributed by atoms with E-state index in [0.29, 0.717) is 11.1 Å². The van der Waals surface area contributed by atoms with E-state index < -0.39 is 17.3 Å². The molecule has 0 spiro atoms. The summed E-state index contributed by atoms with van der Waals surface area (Å²) in [5, 5.41) is 0.760. The number of rotatable bonds is 3. The molecule has 2 aromatic carbocycles. The van der Waals surface area contributed by atoms with Gasteiger partial charge in [-0.1, -0.05) is 0 Å². The summed E-state index contributed by atoms with van der Waals surface area (Å²) in [5.41, 5.74) is 2.69. The Morgan fingerprint density at radius 2 is 1.74 bits per heavy atom. The summed E-state index contributed by atoms with van der Waals surface area (Å²) in [6.45, 7) is 3.94. The minimum Gasteiger partial charge on any atom is -0.489 e. The van der Waals surface area contributed by atoms with Crippen molar-refractivity contribution in [1.29, 1.82) is 0 Å². The summed E-state index contributed by atoms with van der Waals surface area (Å²) in [6.07, 6.45) is 0. The molecule has 3 aromatic rings. The van der Waals surface area contributed by atoms with Gasteiger partial charge >= 0.3 is 5.63 Å². The van der Waals surface area contributed by atoms with Gasteiger partial charge < -0.3 is 9.15 Å². The van der Waals surface area contributed by atoms with E-state index in [0.717, 1.165) is 28.6 Å². The molecule has 0 atom stereocenters. The van der Waals surface area contributed by atoms with Crippen LogP contribution in [-0.2, 0) is 6.61 Å². The predicted octanol–water partition coefficient (Wildman–Crippen LogP) is 4.27. The molecular formula is C18H14F2O3. The third-order valence-electron chi connectivity index (χ3n) is 3.73. The zero-order valence-electron chi connectivity index (χ0n) is 12.7. The summed E-state index contributed by atoms with van der Waals surface area (Å²) in [7, 11) is 0. The predicted molar refractivity (Wildman–Crippen MR) is 82.6 cm³/mol. The smallest absolute Gasteiger partial charge is 0.336 e. The molecule has 1 aromatic heterocycles. The first-order valence-electron chi connectivity index (χ1n) is 7.06. The minimum atomic E-state index is -0.980. The average Bonchev–Trinajstić information content (AvgIpc) is 2.50. The van der Waals surface area contributed by atoms with Crippen molar-refractivity contribution in [2.75, 3.05) is 0 Å². The quantitative estimate of drug-likeness (QED) is 0.678. The molecule has 5 heteroatoms. The topological polar surface area (TPSA) is 39.4 Å². The Morgan fingerprint density at radius 1 is 1.00 bits per heavy atom. The molecule has 0 saturated heterocycles. The Hall–Kier alpha value is -2.69. The molecule has 0 radical (unpaired) electrons. The molecule has 0 saturated carbocycles. The summed E-state index contributed by atoms with van der Waals surface area (Å²) < 4.78 is 36.8. The van der Waals surface area contributed by atoms with Crippen LogP contribution in [0.3, 0.4) is 0 Å². The number of fused-ring (bicyclic) bond motifs is 1. The molecule has 3 nitrogen and oxygen atoms in total. The first-order chi connectivity index (χ1) is 10.9. The van der Waals surface area contributed by atoms with Crippen LogP contribution in [0.15, 0.2) is 45.6 Å². The van der Waals surface area contributed by atoms with Crippen LogP contribution in [0.25, 0.3) is 11.0 Å². The first kappa shape index (κ1) is 15.2. The second-order valence-electron chi connectivity index (χ2n) is 5.39. The van der Waals surface area contributed by atoms with Crippen molar-refractivity contribution in [2.24, 2.45) is 0 Å². The Kier molecular flexibility index (Phi) is 3.86. The summed E-state index contributed by atoms with van der Waals surface area (Å²) >= 11 is 0. The lowest BCUT2D eigenvalue weighted by Crippen LogP contribution is -2.05. The highest BCUT2D eigenvalue weighted by Gasteiger charge is 2.09. The van der Waals surface area contributed by atoms with Crippen molar-refractivity contribution in [3.63, 3.8) is 0 Å². The summed E-state index contributed by atoms with van der Waals surface area (Å²) in [5.74, 6) is -1.73. The molecule has 3 rings (SSSR count). The van der Waals surface area contributed by atoms with Crippen LogP contribution in [0.5, 0.6) is 5.75 Å². The number of hydrogen-bond donors (Lipinski definition) is 0. The molecule has 0 N–H and O–H groups in total. The fraction of sp³-hybridized carbons (Fsp3) is 0.167. The highest BCUT2D eigenvalue weighted by Crippen LogP contribution is 2.23. The van der Waals surface area contributed by atoms with Crippen LogP contribution in [-0.4, -0.2) is 0 Å². The first-order valence-corrected chi connectivity index (χ1v) is 7.06. The van der Waals surface area contributed by atoms with Crippen molar-refractivity contribution in [3.8, 4) is 5.75 Å². The van der Waals surface area contributed by atoms with Gasteiger partial charge in [-0.25, -0.2) is 13.6 Å². The van der Waals surface area contributed by atoms with Gasteiger partial charge in [0.1, 0.15) is 17.9 Å². The molecule has 1 heterocycles. The summed E-state index contributed by atoms with van der Waals surface area (Å²) in [6, 6.07) is 8.36. The van der Waals surface area contributed by atoms with E-state index in [1.54, 1.807) is 6.07 Å². The van der Waals surface area contributed by atoms with E-state index in [9.17, 15) is 13.6 Å². The number of benzene rings is 2. The van der Waals surface area contributed by atoms with Crippen LogP contribution in [0, 0.1) is 25.5 Å². The second kappa shape index (κ2) is 5.83. The highest BCUT2D eigenvalue weighted by molar-refractivity contribution is 5.81. The SMILES string of the molecule is Cc1cc2oc(=O)cc(COc3ccc(F)c(F)c3)c2cc1C. The Labute approximate surface area is 131 Å². The van der Waals surface area contributed by atoms with E-state index in [1.807, 2.05) is 19.9 Å². The van der Waals surface area contributed by atoms with Gasteiger partial charge in [-0.05, 0) is 49.2 Å². The molecule has 0 aliphatic carbocycles. The number of halogens is 2. The third-order valence-corrected chi connectivity index (χ3v) is 3.73. The van der Waals surface area contributed by atoms with E-state index in [-0.39, 0.29) is 12.4 Å². The maximum absolute atomic E-state index is 13.2. The molecule has 0 fully saturated rings. The van der Waals surface area contributed by atoms with E-state index in [4.69, 9.17) is 9.15 Å². The van der Waals surface area contributed by atoms with Gasteiger partial charge in [0.15, 0.2) is 11.6 Å². The molecule has 0 aliphatic rings. The molecular weight excluding hydrogens is 302 g/mol. The molecule has 118 valence electrons. The molecule has 0 aliphatic heterocycles. The van der Waals surface area contributed by atoms with Crippen LogP contribution in [0.4, 0.5) is 8.78 Å². The van der Waals surface area contributed by atoms with E-state index >= 15 is 0 Å². The highest BCUT2D eigenvalue weighted by atomic mass is 19.2. The number of aryl methyl sites for hydroxylation is 2. The second-order valence-corrected chi connectivity index (χ2v) is 5.39. The van der Waals surface area contributed by atoms with Crippen molar-refractivity contribution < 1.29 is 17.9 Å². The normalized spacial score (nSPS) is 11.0. The van der Waals surface area contributed by atoms with E-state index in [2.05, 4.69) is 0 Å². The van der Waals surface area contributed by atoms with E-state index in [1.165, 1.54) is 12.1 Å². The summed E-state index contributed by atoms with van der Waals surface area (Å²) in [4.78, 5) is 11.7. The Balaban J connectivity index is 1.97.